The first-order valence-electron chi connectivity index (χ1n) is 9.87. The largest absolute Gasteiger partial charge is 0.493 e. The number of rotatable bonds is 12. The molecule has 2 N–H and O–H groups in total. The lowest BCUT2D eigenvalue weighted by molar-refractivity contribution is -0.0512. The Morgan fingerprint density at radius 1 is 1.06 bits per heavy atom. The van der Waals surface area contributed by atoms with Crippen LogP contribution in [0.15, 0.2) is 47.5 Å². The van der Waals surface area contributed by atoms with Gasteiger partial charge in [-0.05, 0) is 36.2 Å². The van der Waals surface area contributed by atoms with Gasteiger partial charge >= 0.3 is 6.61 Å². The van der Waals surface area contributed by atoms with Crippen LogP contribution in [0.25, 0.3) is 0 Å². The molecule has 0 aliphatic heterocycles. The van der Waals surface area contributed by atoms with Crippen molar-refractivity contribution in [1.82, 2.24) is 5.32 Å². The standard InChI is InChI=1S/C22H29F2N3O4/c1-25-22(27-17-6-4-7-18(15-17)30-13-5-12-28-2)26-11-10-16-8-9-19(29-3)20(14-16)31-21(23)24/h4,6-9,14-15,21H,5,10-13H2,1-3H3,(H2,25,26,27). The Morgan fingerprint density at radius 2 is 1.90 bits per heavy atom. The van der Waals surface area contributed by atoms with E-state index in [2.05, 4.69) is 20.4 Å². The Balaban J connectivity index is 1.87. The molecule has 0 radical (unpaired) electrons. The van der Waals surface area contributed by atoms with Crippen LogP contribution in [0.1, 0.15) is 12.0 Å². The van der Waals surface area contributed by atoms with Crippen LogP contribution in [0.5, 0.6) is 17.2 Å². The van der Waals surface area contributed by atoms with Gasteiger partial charge in [-0.15, -0.1) is 0 Å². The number of nitrogens with zero attached hydrogens (tertiary/aromatic N) is 1. The molecule has 2 aromatic rings. The van der Waals surface area contributed by atoms with Gasteiger partial charge < -0.3 is 29.6 Å². The van der Waals surface area contributed by atoms with Gasteiger partial charge in [0.2, 0.25) is 0 Å². The summed E-state index contributed by atoms with van der Waals surface area (Å²) in [6.07, 6.45) is 1.39. The molecule has 0 fully saturated rings. The summed E-state index contributed by atoms with van der Waals surface area (Å²) in [5, 5.41) is 6.40. The zero-order valence-corrected chi connectivity index (χ0v) is 18.0. The first-order chi connectivity index (χ1) is 15.0. The Kier molecular flexibility index (Phi) is 10.4. The van der Waals surface area contributed by atoms with E-state index >= 15 is 0 Å². The maximum atomic E-state index is 12.6. The van der Waals surface area contributed by atoms with Crippen molar-refractivity contribution in [3.63, 3.8) is 0 Å². The summed E-state index contributed by atoms with van der Waals surface area (Å²) in [7, 11) is 4.74. The van der Waals surface area contributed by atoms with Crippen molar-refractivity contribution >= 4 is 11.6 Å². The predicted octanol–water partition coefficient (Wildman–Crippen LogP) is 3.94. The monoisotopic (exact) mass is 437 g/mol. The number of nitrogens with one attached hydrogen (secondary N) is 2. The third-order valence-electron chi connectivity index (χ3n) is 4.23. The molecule has 0 saturated carbocycles. The third kappa shape index (κ3) is 8.67. The van der Waals surface area contributed by atoms with E-state index in [0.29, 0.717) is 32.1 Å². The minimum absolute atomic E-state index is 0.0137. The van der Waals surface area contributed by atoms with Crippen LogP contribution in [-0.2, 0) is 11.2 Å². The van der Waals surface area contributed by atoms with Crippen molar-refractivity contribution < 1.29 is 27.7 Å². The molecule has 2 aromatic carbocycles. The zero-order chi connectivity index (χ0) is 22.5. The van der Waals surface area contributed by atoms with E-state index in [0.717, 1.165) is 23.4 Å². The second kappa shape index (κ2) is 13.3. The SMILES string of the molecule is CN=C(NCCc1ccc(OC)c(OC(F)F)c1)Nc1cccc(OCCCOC)c1. The highest BCUT2D eigenvalue weighted by Gasteiger charge is 2.11. The molecule has 170 valence electrons. The molecule has 31 heavy (non-hydrogen) atoms. The molecule has 0 aliphatic carbocycles. The van der Waals surface area contributed by atoms with Crippen LogP contribution in [0.4, 0.5) is 14.5 Å². The van der Waals surface area contributed by atoms with E-state index in [9.17, 15) is 8.78 Å². The van der Waals surface area contributed by atoms with Crippen molar-refractivity contribution in [2.75, 3.05) is 46.3 Å². The number of aliphatic imine (C=N–C) groups is 1. The maximum Gasteiger partial charge on any atom is 0.387 e. The average Bonchev–Trinajstić information content (AvgIpc) is 2.76. The highest BCUT2D eigenvalue weighted by molar-refractivity contribution is 5.93. The average molecular weight is 437 g/mol. The van der Waals surface area contributed by atoms with Gasteiger partial charge in [-0.2, -0.15) is 8.78 Å². The molecule has 0 aliphatic rings. The van der Waals surface area contributed by atoms with E-state index in [1.807, 2.05) is 24.3 Å². The first kappa shape index (κ1) is 24.2. The Bertz CT molecular complexity index is 834. The van der Waals surface area contributed by atoms with Crippen LogP contribution in [0.3, 0.4) is 0 Å². The number of benzene rings is 2. The van der Waals surface area contributed by atoms with Crippen LogP contribution in [0, 0.1) is 0 Å². The van der Waals surface area contributed by atoms with Crippen LogP contribution < -0.4 is 24.8 Å². The van der Waals surface area contributed by atoms with Crippen molar-refractivity contribution in [3.05, 3.63) is 48.0 Å². The number of alkyl halides is 2. The maximum absolute atomic E-state index is 12.6. The normalized spacial score (nSPS) is 11.4. The molecule has 2 rings (SSSR count). The summed E-state index contributed by atoms with van der Waals surface area (Å²) >= 11 is 0. The molecule has 0 aromatic heterocycles. The van der Waals surface area contributed by atoms with E-state index in [4.69, 9.17) is 14.2 Å². The van der Waals surface area contributed by atoms with E-state index in [-0.39, 0.29) is 11.5 Å². The minimum atomic E-state index is -2.91. The molecular weight excluding hydrogens is 408 g/mol. The van der Waals surface area contributed by atoms with Crippen LogP contribution in [0.2, 0.25) is 0 Å². The van der Waals surface area contributed by atoms with Gasteiger partial charge in [0.25, 0.3) is 0 Å². The minimum Gasteiger partial charge on any atom is -0.493 e. The smallest absolute Gasteiger partial charge is 0.387 e. The van der Waals surface area contributed by atoms with Gasteiger partial charge in [-0.1, -0.05) is 12.1 Å². The van der Waals surface area contributed by atoms with E-state index < -0.39 is 6.61 Å². The molecule has 0 unspecified atom stereocenters. The molecule has 0 atom stereocenters. The summed E-state index contributed by atoms with van der Waals surface area (Å²) in [5.74, 6) is 1.61. The van der Waals surface area contributed by atoms with Crippen molar-refractivity contribution in [2.24, 2.45) is 4.99 Å². The fourth-order valence-corrected chi connectivity index (χ4v) is 2.76. The van der Waals surface area contributed by atoms with Crippen LogP contribution in [-0.4, -0.2) is 53.6 Å². The topological polar surface area (TPSA) is 73.3 Å². The number of anilines is 1. The number of methoxy groups -OCH3 is 2. The Hall–Kier alpha value is -3.07. The highest BCUT2D eigenvalue weighted by atomic mass is 19.3. The second-order valence-electron chi connectivity index (χ2n) is 6.46. The summed E-state index contributed by atoms with van der Waals surface area (Å²) in [6.45, 7) is -1.15. The third-order valence-corrected chi connectivity index (χ3v) is 4.23. The molecule has 0 amide bonds. The molecule has 0 heterocycles. The fourth-order valence-electron chi connectivity index (χ4n) is 2.76. The van der Waals surface area contributed by atoms with Crippen molar-refractivity contribution in [3.8, 4) is 17.2 Å². The van der Waals surface area contributed by atoms with Gasteiger partial charge in [0.1, 0.15) is 5.75 Å². The Labute approximate surface area is 181 Å². The quantitative estimate of drug-likeness (QED) is 0.298. The van der Waals surface area contributed by atoms with Crippen LogP contribution >= 0.6 is 0 Å². The lowest BCUT2D eigenvalue weighted by Gasteiger charge is -2.14. The first-order valence-corrected chi connectivity index (χ1v) is 9.87. The number of guanidine groups is 1. The van der Waals surface area contributed by atoms with Gasteiger partial charge in [0.15, 0.2) is 17.5 Å². The second-order valence-corrected chi connectivity index (χ2v) is 6.46. The molecule has 7 nitrogen and oxygen atoms in total. The molecule has 0 bridgehead atoms. The summed E-state index contributed by atoms with van der Waals surface area (Å²) < 4.78 is 45.5. The lowest BCUT2D eigenvalue weighted by atomic mass is 10.1. The number of halogens is 2. The number of hydrogen-bond acceptors (Lipinski definition) is 5. The molecule has 0 saturated heterocycles. The van der Waals surface area contributed by atoms with E-state index in [1.165, 1.54) is 7.11 Å². The fraction of sp³-hybridized carbons (Fsp3) is 0.409. The van der Waals surface area contributed by atoms with Gasteiger partial charge in [-0.25, -0.2) is 0 Å². The Morgan fingerprint density at radius 3 is 2.61 bits per heavy atom. The summed E-state index contributed by atoms with van der Waals surface area (Å²) in [4.78, 5) is 4.21. The summed E-state index contributed by atoms with van der Waals surface area (Å²) in [5.41, 5.74) is 1.65. The van der Waals surface area contributed by atoms with Crippen molar-refractivity contribution in [1.29, 1.82) is 0 Å². The van der Waals surface area contributed by atoms with E-state index in [1.54, 1.807) is 32.4 Å². The lowest BCUT2D eigenvalue weighted by Crippen LogP contribution is -2.32. The van der Waals surface area contributed by atoms with Gasteiger partial charge in [0, 0.05) is 45.5 Å². The summed E-state index contributed by atoms with van der Waals surface area (Å²) in [6, 6.07) is 12.5. The molecule has 0 spiro atoms. The highest BCUT2D eigenvalue weighted by Crippen LogP contribution is 2.29. The van der Waals surface area contributed by atoms with Gasteiger partial charge in [-0.3, -0.25) is 4.99 Å². The molecular formula is C22H29F2N3O4. The van der Waals surface area contributed by atoms with Crippen molar-refractivity contribution in [2.45, 2.75) is 19.5 Å². The predicted molar refractivity (Wildman–Crippen MR) is 117 cm³/mol. The van der Waals surface area contributed by atoms with Gasteiger partial charge in [0.05, 0.1) is 13.7 Å². The number of ether oxygens (including phenoxy) is 4. The zero-order valence-electron chi connectivity index (χ0n) is 18.0. The number of hydrogen-bond donors (Lipinski definition) is 2. The molecule has 9 heteroatoms.